The summed E-state index contributed by atoms with van der Waals surface area (Å²) in [6.07, 6.45) is 0. The summed E-state index contributed by atoms with van der Waals surface area (Å²) < 4.78 is 0.988. The lowest BCUT2D eigenvalue weighted by molar-refractivity contribution is 0.251. The Kier molecular flexibility index (Phi) is 5.04. The van der Waals surface area contributed by atoms with Gasteiger partial charge in [0.15, 0.2) is 0 Å². The third kappa shape index (κ3) is 4.25. The van der Waals surface area contributed by atoms with Crippen LogP contribution in [0, 0.1) is 6.92 Å². The van der Waals surface area contributed by atoms with Crippen LogP contribution in [-0.2, 0) is 6.54 Å². The first-order valence-electron chi connectivity index (χ1n) is 6.10. The molecule has 0 saturated carbocycles. The fourth-order valence-corrected chi connectivity index (χ4v) is 2.30. The molecule has 0 heterocycles. The van der Waals surface area contributed by atoms with Gasteiger partial charge in [-0.3, -0.25) is 0 Å². The molecule has 0 aliphatic carbocycles. The number of hydrogen-bond acceptors (Lipinski definition) is 1. The summed E-state index contributed by atoms with van der Waals surface area (Å²) >= 11 is 9.41. The average Bonchev–Trinajstić information content (AvgIpc) is 2.41. The van der Waals surface area contributed by atoms with Crippen molar-refractivity contribution in [1.29, 1.82) is 0 Å². The first-order valence-corrected chi connectivity index (χ1v) is 7.27. The Labute approximate surface area is 131 Å². The van der Waals surface area contributed by atoms with Gasteiger partial charge in [-0.15, -0.1) is 0 Å². The summed E-state index contributed by atoms with van der Waals surface area (Å²) in [6, 6.07) is 12.9. The molecular formula is C15H14BrClN2O. The third-order valence-corrected chi connectivity index (χ3v) is 3.67. The summed E-state index contributed by atoms with van der Waals surface area (Å²) in [5.74, 6) is 0. The van der Waals surface area contributed by atoms with E-state index in [1.165, 1.54) is 0 Å². The highest BCUT2D eigenvalue weighted by Gasteiger charge is 2.03. The van der Waals surface area contributed by atoms with Gasteiger partial charge in [0, 0.05) is 21.7 Å². The van der Waals surface area contributed by atoms with Crippen LogP contribution < -0.4 is 10.6 Å². The van der Waals surface area contributed by atoms with Gasteiger partial charge in [0.25, 0.3) is 0 Å². The zero-order valence-corrected chi connectivity index (χ0v) is 13.3. The van der Waals surface area contributed by atoms with Gasteiger partial charge in [0.2, 0.25) is 0 Å². The Morgan fingerprint density at radius 1 is 1.25 bits per heavy atom. The second-order valence-electron chi connectivity index (χ2n) is 4.40. The molecule has 0 spiro atoms. The maximum absolute atomic E-state index is 11.8. The molecular weight excluding hydrogens is 340 g/mol. The maximum Gasteiger partial charge on any atom is 0.319 e. The van der Waals surface area contributed by atoms with E-state index in [0.717, 1.165) is 15.6 Å². The quantitative estimate of drug-likeness (QED) is 0.822. The Hall–Kier alpha value is -1.52. The lowest BCUT2D eigenvalue weighted by Gasteiger charge is -2.09. The molecule has 2 rings (SSSR count). The van der Waals surface area contributed by atoms with Gasteiger partial charge in [0.1, 0.15) is 0 Å². The van der Waals surface area contributed by atoms with Crippen LogP contribution in [-0.4, -0.2) is 6.03 Å². The van der Waals surface area contributed by atoms with E-state index in [9.17, 15) is 4.79 Å². The highest BCUT2D eigenvalue weighted by molar-refractivity contribution is 9.10. The Morgan fingerprint density at radius 3 is 2.75 bits per heavy atom. The first kappa shape index (κ1) is 14.9. The van der Waals surface area contributed by atoms with E-state index in [-0.39, 0.29) is 6.03 Å². The molecule has 3 nitrogen and oxygen atoms in total. The molecule has 2 aromatic carbocycles. The van der Waals surface area contributed by atoms with Crippen LogP contribution in [0.2, 0.25) is 5.02 Å². The molecule has 5 heteroatoms. The number of benzene rings is 2. The zero-order valence-electron chi connectivity index (χ0n) is 10.9. The molecule has 0 unspecified atom stereocenters. The molecule has 20 heavy (non-hydrogen) atoms. The van der Waals surface area contributed by atoms with Gasteiger partial charge in [-0.2, -0.15) is 0 Å². The number of nitrogens with one attached hydrogen (secondary N) is 2. The number of carbonyl (C=O) groups is 1. The average molecular weight is 354 g/mol. The predicted molar refractivity (Wildman–Crippen MR) is 86.2 cm³/mol. The van der Waals surface area contributed by atoms with Gasteiger partial charge in [-0.05, 0) is 42.3 Å². The topological polar surface area (TPSA) is 41.1 Å². The standard InChI is InChI=1S/C15H14BrClN2O/c1-10-5-6-13(8-14(10)17)19-15(20)18-9-11-3-2-4-12(16)7-11/h2-8H,9H2,1H3,(H2,18,19,20). The lowest BCUT2D eigenvalue weighted by Crippen LogP contribution is -2.28. The highest BCUT2D eigenvalue weighted by atomic mass is 79.9. The van der Waals surface area contributed by atoms with Crippen molar-refractivity contribution in [2.75, 3.05) is 5.32 Å². The van der Waals surface area contributed by atoms with Crippen molar-refractivity contribution in [2.45, 2.75) is 13.5 Å². The summed E-state index contributed by atoms with van der Waals surface area (Å²) in [4.78, 5) is 11.8. The molecule has 0 radical (unpaired) electrons. The number of anilines is 1. The first-order chi connectivity index (χ1) is 9.54. The molecule has 2 amide bonds. The summed E-state index contributed by atoms with van der Waals surface area (Å²) in [5.41, 5.74) is 2.68. The predicted octanol–water partition coefficient (Wildman–Crippen LogP) is 4.73. The molecule has 2 N–H and O–H groups in total. The van der Waals surface area contributed by atoms with E-state index in [2.05, 4.69) is 26.6 Å². The van der Waals surface area contributed by atoms with Crippen LogP contribution in [0.5, 0.6) is 0 Å². The van der Waals surface area contributed by atoms with E-state index < -0.39 is 0 Å². The zero-order chi connectivity index (χ0) is 14.5. The minimum absolute atomic E-state index is 0.259. The number of rotatable bonds is 3. The van der Waals surface area contributed by atoms with Gasteiger partial charge >= 0.3 is 6.03 Å². The Morgan fingerprint density at radius 2 is 2.05 bits per heavy atom. The maximum atomic E-state index is 11.8. The fraction of sp³-hybridized carbons (Fsp3) is 0.133. The molecule has 0 fully saturated rings. The molecule has 0 aliphatic rings. The molecule has 0 aromatic heterocycles. The van der Waals surface area contributed by atoms with Crippen LogP contribution in [0.15, 0.2) is 46.9 Å². The van der Waals surface area contributed by atoms with Crippen LogP contribution in [0.4, 0.5) is 10.5 Å². The van der Waals surface area contributed by atoms with E-state index in [0.29, 0.717) is 17.3 Å². The molecule has 0 saturated heterocycles. The summed E-state index contributed by atoms with van der Waals surface area (Å²) in [7, 11) is 0. The second kappa shape index (κ2) is 6.77. The van der Waals surface area contributed by atoms with Crippen molar-refractivity contribution < 1.29 is 4.79 Å². The summed E-state index contributed by atoms with van der Waals surface area (Å²) in [6.45, 7) is 2.38. The minimum atomic E-state index is -0.259. The van der Waals surface area contributed by atoms with Gasteiger partial charge in [0.05, 0.1) is 0 Å². The monoisotopic (exact) mass is 352 g/mol. The van der Waals surface area contributed by atoms with Crippen molar-refractivity contribution >= 4 is 39.2 Å². The van der Waals surface area contributed by atoms with Crippen LogP contribution in [0.1, 0.15) is 11.1 Å². The van der Waals surface area contributed by atoms with E-state index >= 15 is 0 Å². The molecule has 104 valence electrons. The van der Waals surface area contributed by atoms with Crippen molar-refractivity contribution in [2.24, 2.45) is 0 Å². The SMILES string of the molecule is Cc1ccc(NC(=O)NCc2cccc(Br)c2)cc1Cl. The van der Waals surface area contributed by atoms with Gasteiger partial charge < -0.3 is 10.6 Å². The smallest absolute Gasteiger partial charge is 0.319 e. The minimum Gasteiger partial charge on any atom is -0.334 e. The number of amides is 2. The normalized spacial score (nSPS) is 10.2. The molecule has 0 aliphatic heterocycles. The number of urea groups is 1. The number of carbonyl (C=O) groups excluding carboxylic acids is 1. The Balaban J connectivity index is 1.91. The number of halogens is 2. The lowest BCUT2D eigenvalue weighted by atomic mass is 10.2. The van der Waals surface area contributed by atoms with Crippen molar-refractivity contribution in [1.82, 2.24) is 5.32 Å². The Bertz CT molecular complexity index is 631. The summed E-state index contributed by atoms with van der Waals surface area (Å²) in [5, 5.41) is 6.18. The van der Waals surface area contributed by atoms with Gasteiger partial charge in [-0.1, -0.05) is 45.7 Å². The largest absolute Gasteiger partial charge is 0.334 e. The highest BCUT2D eigenvalue weighted by Crippen LogP contribution is 2.19. The number of hydrogen-bond donors (Lipinski definition) is 2. The molecule has 0 bridgehead atoms. The van der Waals surface area contributed by atoms with Crippen LogP contribution >= 0.6 is 27.5 Å². The van der Waals surface area contributed by atoms with E-state index in [1.54, 1.807) is 6.07 Å². The fourth-order valence-electron chi connectivity index (χ4n) is 1.68. The van der Waals surface area contributed by atoms with Crippen molar-refractivity contribution in [3.63, 3.8) is 0 Å². The molecule has 0 atom stereocenters. The van der Waals surface area contributed by atoms with E-state index in [4.69, 9.17) is 11.6 Å². The van der Waals surface area contributed by atoms with Crippen LogP contribution in [0.3, 0.4) is 0 Å². The third-order valence-electron chi connectivity index (χ3n) is 2.77. The second-order valence-corrected chi connectivity index (χ2v) is 5.72. The van der Waals surface area contributed by atoms with E-state index in [1.807, 2.05) is 43.3 Å². The number of aryl methyl sites for hydroxylation is 1. The van der Waals surface area contributed by atoms with Gasteiger partial charge in [-0.25, -0.2) is 4.79 Å². The van der Waals surface area contributed by atoms with Crippen molar-refractivity contribution in [3.05, 3.63) is 63.1 Å². The van der Waals surface area contributed by atoms with Crippen LogP contribution in [0.25, 0.3) is 0 Å². The van der Waals surface area contributed by atoms with Crippen molar-refractivity contribution in [3.8, 4) is 0 Å². The molecule has 2 aromatic rings.